The zero-order valence-corrected chi connectivity index (χ0v) is 18.7. The Bertz CT molecular complexity index is 1250. The van der Waals surface area contributed by atoms with Gasteiger partial charge in [-0.3, -0.25) is 4.79 Å². The quantitative estimate of drug-likeness (QED) is 0.360. The van der Waals surface area contributed by atoms with Crippen LogP contribution in [0.3, 0.4) is 0 Å². The van der Waals surface area contributed by atoms with Gasteiger partial charge in [-0.25, -0.2) is 4.98 Å². The molecular formula is C27H27N3O3. The van der Waals surface area contributed by atoms with Gasteiger partial charge in [0.25, 0.3) is 0 Å². The molecule has 1 unspecified atom stereocenters. The first-order valence-corrected chi connectivity index (χ1v) is 11.3. The molecule has 1 aromatic heterocycles. The number of carbonyl (C=O) groups is 1. The van der Waals surface area contributed by atoms with Crippen LogP contribution in [0.2, 0.25) is 0 Å². The van der Waals surface area contributed by atoms with Crippen molar-refractivity contribution < 1.29 is 14.3 Å². The van der Waals surface area contributed by atoms with E-state index in [0.717, 1.165) is 47.0 Å². The molecule has 1 aliphatic rings. The molecule has 0 radical (unpaired) electrons. The van der Waals surface area contributed by atoms with E-state index >= 15 is 0 Å². The summed E-state index contributed by atoms with van der Waals surface area (Å²) in [5.74, 6) is 2.65. The lowest BCUT2D eigenvalue weighted by Crippen LogP contribution is -2.24. The maximum absolute atomic E-state index is 12.8. The Kier molecular flexibility index (Phi) is 5.98. The van der Waals surface area contributed by atoms with E-state index in [1.165, 1.54) is 0 Å². The first-order valence-electron chi connectivity index (χ1n) is 11.3. The third-order valence-corrected chi connectivity index (χ3v) is 6.09. The second kappa shape index (κ2) is 9.36. The van der Waals surface area contributed by atoms with Crippen molar-refractivity contribution in [2.45, 2.75) is 25.3 Å². The largest absolute Gasteiger partial charge is 0.493 e. The van der Waals surface area contributed by atoms with E-state index in [9.17, 15) is 4.79 Å². The first kappa shape index (κ1) is 21.1. The summed E-state index contributed by atoms with van der Waals surface area (Å²) in [4.78, 5) is 19.6. The van der Waals surface area contributed by atoms with Crippen LogP contribution in [0.15, 0.2) is 78.9 Å². The maximum atomic E-state index is 12.8. The van der Waals surface area contributed by atoms with Gasteiger partial charge in [0.05, 0.1) is 24.8 Å². The summed E-state index contributed by atoms with van der Waals surface area (Å²) < 4.78 is 13.6. The number of aromatic nitrogens is 2. The van der Waals surface area contributed by atoms with Crippen molar-refractivity contribution in [2.75, 3.05) is 25.2 Å². The lowest BCUT2D eigenvalue weighted by Gasteiger charge is -2.17. The van der Waals surface area contributed by atoms with Gasteiger partial charge in [-0.05, 0) is 42.8 Å². The van der Waals surface area contributed by atoms with E-state index in [2.05, 4.69) is 10.6 Å². The highest BCUT2D eigenvalue weighted by Crippen LogP contribution is 2.33. The van der Waals surface area contributed by atoms with Crippen LogP contribution in [-0.2, 0) is 11.3 Å². The summed E-state index contributed by atoms with van der Waals surface area (Å²) in [6, 6.07) is 25.7. The number of imidazole rings is 1. The highest BCUT2D eigenvalue weighted by molar-refractivity contribution is 5.96. The van der Waals surface area contributed by atoms with Crippen LogP contribution in [0.4, 0.5) is 5.69 Å². The van der Waals surface area contributed by atoms with E-state index in [1.54, 1.807) is 7.11 Å². The monoisotopic (exact) mass is 441 g/mol. The van der Waals surface area contributed by atoms with Crippen LogP contribution in [0.1, 0.15) is 24.6 Å². The third kappa shape index (κ3) is 4.29. The minimum Gasteiger partial charge on any atom is -0.493 e. The summed E-state index contributed by atoms with van der Waals surface area (Å²) in [7, 11) is 1.65. The number of aryl methyl sites for hydroxylation is 1. The van der Waals surface area contributed by atoms with Gasteiger partial charge in [0.1, 0.15) is 5.82 Å². The molecule has 1 amide bonds. The average molecular weight is 442 g/mol. The molecule has 1 atom stereocenters. The number of carbonyl (C=O) groups excluding carboxylic acids is 1. The van der Waals surface area contributed by atoms with Crippen molar-refractivity contribution >= 4 is 22.6 Å². The van der Waals surface area contributed by atoms with Crippen LogP contribution < -0.4 is 14.4 Å². The number of methoxy groups -OCH3 is 1. The van der Waals surface area contributed by atoms with Gasteiger partial charge in [-0.2, -0.15) is 0 Å². The van der Waals surface area contributed by atoms with Gasteiger partial charge < -0.3 is 18.9 Å². The summed E-state index contributed by atoms with van der Waals surface area (Å²) in [6.45, 7) is 1.97. The summed E-state index contributed by atoms with van der Waals surface area (Å²) in [5.41, 5.74) is 3.00. The minimum atomic E-state index is 0.0558. The van der Waals surface area contributed by atoms with Crippen molar-refractivity contribution in [3.8, 4) is 11.5 Å². The molecule has 0 aliphatic carbocycles. The molecule has 0 spiro atoms. The van der Waals surface area contributed by atoms with Crippen LogP contribution in [-0.4, -0.2) is 35.7 Å². The highest BCUT2D eigenvalue weighted by Gasteiger charge is 2.34. The molecular weight excluding hydrogens is 414 g/mol. The Morgan fingerprint density at radius 2 is 1.67 bits per heavy atom. The van der Waals surface area contributed by atoms with Crippen LogP contribution >= 0.6 is 0 Å². The molecule has 6 heteroatoms. The summed E-state index contributed by atoms with van der Waals surface area (Å²) in [6.07, 6.45) is 1.28. The molecule has 168 valence electrons. The Hall–Kier alpha value is -3.80. The Morgan fingerprint density at radius 3 is 2.48 bits per heavy atom. The van der Waals surface area contributed by atoms with Gasteiger partial charge in [0.2, 0.25) is 5.91 Å². The lowest BCUT2D eigenvalue weighted by molar-refractivity contribution is -0.117. The van der Waals surface area contributed by atoms with Crippen molar-refractivity contribution in [3.05, 3.63) is 84.7 Å². The number of rotatable bonds is 8. The van der Waals surface area contributed by atoms with E-state index < -0.39 is 0 Å². The molecule has 1 fully saturated rings. The number of ether oxygens (including phenoxy) is 2. The zero-order chi connectivity index (χ0) is 22.6. The van der Waals surface area contributed by atoms with Gasteiger partial charge in [0, 0.05) is 31.1 Å². The SMILES string of the molecule is COc1ccccc1OCCCn1c(C2CC(=O)N(c3ccccc3)C2)nc2ccccc21. The molecule has 0 bridgehead atoms. The van der Waals surface area contributed by atoms with Crippen LogP contribution in [0.25, 0.3) is 11.0 Å². The first-order chi connectivity index (χ1) is 16.2. The summed E-state index contributed by atoms with van der Waals surface area (Å²) >= 11 is 0. The molecule has 6 nitrogen and oxygen atoms in total. The Morgan fingerprint density at radius 1 is 0.939 bits per heavy atom. The van der Waals surface area contributed by atoms with Crippen molar-refractivity contribution in [1.82, 2.24) is 9.55 Å². The fourth-order valence-corrected chi connectivity index (χ4v) is 4.52. The number of nitrogens with zero attached hydrogens (tertiary/aromatic N) is 3. The van der Waals surface area contributed by atoms with Crippen molar-refractivity contribution in [3.63, 3.8) is 0 Å². The zero-order valence-electron chi connectivity index (χ0n) is 18.7. The van der Waals surface area contributed by atoms with E-state index in [1.807, 2.05) is 77.7 Å². The van der Waals surface area contributed by atoms with E-state index in [4.69, 9.17) is 14.5 Å². The van der Waals surface area contributed by atoms with Crippen LogP contribution in [0.5, 0.6) is 11.5 Å². The van der Waals surface area contributed by atoms with Gasteiger partial charge in [-0.1, -0.05) is 42.5 Å². The number of benzene rings is 3. The average Bonchev–Trinajstić information content (AvgIpc) is 3.43. The second-order valence-corrected chi connectivity index (χ2v) is 8.20. The molecule has 1 saturated heterocycles. The predicted molar refractivity (Wildman–Crippen MR) is 129 cm³/mol. The molecule has 2 heterocycles. The minimum absolute atomic E-state index is 0.0558. The van der Waals surface area contributed by atoms with Crippen LogP contribution in [0, 0.1) is 0 Å². The van der Waals surface area contributed by atoms with Gasteiger partial charge in [0.15, 0.2) is 11.5 Å². The number of hydrogen-bond acceptors (Lipinski definition) is 4. The maximum Gasteiger partial charge on any atom is 0.227 e. The molecule has 0 N–H and O–H groups in total. The predicted octanol–water partition coefficient (Wildman–Crippen LogP) is 5.03. The molecule has 1 aliphatic heterocycles. The number of fused-ring (bicyclic) bond motifs is 1. The Balaban J connectivity index is 1.34. The van der Waals surface area contributed by atoms with Crippen molar-refractivity contribution in [2.24, 2.45) is 0 Å². The van der Waals surface area contributed by atoms with E-state index in [-0.39, 0.29) is 11.8 Å². The highest BCUT2D eigenvalue weighted by atomic mass is 16.5. The topological polar surface area (TPSA) is 56.6 Å². The van der Waals surface area contributed by atoms with Gasteiger partial charge >= 0.3 is 0 Å². The van der Waals surface area contributed by atoms with E-state index in [0.29, 0.717) is 19.6 Å². The Labute approximate surface area is 193 Å². The fraction of sp³-hybridized carbons (Fsp3) is 0.259. The number of para-hydroxylation sites is 5. The number of hydrogen-bond donors (Lipinski definition) is 0. The second-order valence-electron chi connectivity index (χ2n) is 8.20. The molecule has 33 heavy (non-hydrogen) atoms. The summed E-state index contributed by atoms with van der Waals surface area (Å²) in [5, 5.41) is 0. The smallest absolute Gasteiger partial charge is 0.227 e. The molecule has 4 aromatic rings. The third-order valence-electron chi connectivity index (χ3n) is 6.09. The molecule has 0 saturated carbocycles. The lowest BCUT2D eigenvalue weighted by atomic mass is 10.1. The number of amides is 1. The standard InChI is InChI=1S/C27H27N3O3/c1-32-24-14-7-8-15-25(24)33-17-9-16-29-23-13-6-5-12-22(23)28-27(29)20-18-26(31)30(19-20)21-10-3-2-4-11-21/h2-8,10-15,20H,9,16-19H2,1H3. The molecule has 3 aromatic carbocycles. The number of anilines is 1. The normalized spacial score (nSPS) is 15.8. The molecule has 5 rings (SSSR count). The fourth-order valence-electron chi connectivity index (χ4n) is 4.52. The van der Waals surface area contributed by atoms with Crippen molar-refractivity contribution in [1.29, 1.82) is 0 Å². The van der Waals surface area contributed by atoms with Gasteiger partial charge in [-0.15, -0.1) is 0 Å².